The number of rotatable bonds is 4. The number of fused-ring (bicyclic) bond motifs is 1. The summed E-state index contributed by atoms with van der Waals surface area (Å²) < 4.78 is 0. The molecule has 1 aromatic carbocycles. The third-order valence-electron chi connectivity index (χ3n) is 4.32. The van der Waals surface area contributed by atoms with Gasteiger partial charge in [-0.3, -0.25) is 4.90 Å². The van der Waals surface area contributed by atoms with E-state index in [0.717, 1.165) is 45.7 Å². The van der Waals surface area contributed by atoms with E-state index in [0.29, 0.717) is 0 Å². The van der Waals surface area contributed by atoms with Crippen molar-refractivity contribution in [2.24, 2.45) is 5.92 Å². The first kappa shape index (κ1) is 15.0. The van der Waals surface area contributed by atoms with Crippen LogP contribution in [0.4, 0.5) is 0 Å². The van der Waals surface area contributed by atoms with Gasteiger partial charge in [0.15, 0.2) is 0 Å². The summed E-state index contributed by atoms with van der Waals surface area (Å²) in [5.74, 6) is 1.94. The van der Waals surface area contributed by atoms with Crippen molar-refractivity contribution >= 4 is 35.0 Å². The average Bonchev–Trinajstić information content (AvgIpc) is 2.92. The minimum atomic E-state index is 0.749. The van der Waals surface area contributed by atoms with Crippen molar-refractivity contribution < 1.29 is 0 Å². The highest BCUT2D eigenvalue weighted by molar-refractivity contribution is 7.99. The largest absolute Gasteiger partial charge is 0.315 e. The second kappa shape index (κ2) is 6.89. The van der Waals surface area contributed by atoms with E-state index in [1.54, 1.807) is 0 Å². The molecule has 0 bridgehead atoms. The molecule has 0 saturated carbocycles. The van der Waals surface area contributed by atoms with E-state index in [1.165, 1.54) is 25.9 Å². The number of halogens is 2. The van der Waals surface area contributed by atoms with Gasteiger partial charge in [-0.1, -0.05) is 23.2 Å². The summed E-state index contributed by atoms with van der Waals surface area (Å²) >= 11 is 14.0. The SMILES string of the molecule is Clc1ccc(Cl)c(SCCN2CCCC3CNCC32)c1. The van der Waals surface area contributed by atoms with Crippen LogP contribution in [0.1, 0.15) is 12.8 Å². The van der Waals surface area contributed by atoms with Crippen molar-refractivity contribution in [3.63, 3.8) is 0 Å². The third-order valence-corrected chi connectivity index (χ3v) is 6.03. The van der Waals surface area contributed by atoms with Gasteiger partial charge in [-0.05, 0) is 50.0 Å². The number of piperidine rings is 1. The molecule has 20 heavy (non-hydrogen) atoms. The van der Waals surface area contributed by atoms with Crippen LogP contribution in [0.25, 0.3) is 0 Å². The Morgan fingerprint density at radius 3 is 3.10 bits per heavy atom. The van der Waals surface area contributed by atoms with Crippen LogP contribution in [-0.2, 0) is 0 Å². The molecule has 0 radical (unpaired) electrons. The monoisotopic (exact) mass is 330 g/mol. The zero-order chi connectivity index (χ0) is 13.9. The lowest BCUT2D eigenvalue weighted by Gasteiger charge is -2.36. The lowest BCUT2D eigenvalue weighted by Crippen LogP contribution is -2.45. The number of hydrogen-bond donors (Lipinski definition) is 1. The normalized spacial score (nSPS) is 26.7. The standard InChI is InChI=1S/C15H20Cl2N2S/c16-12-3-4-13(17)15(8-12)20-7-6-19-5-1-2-11-9-18-10-14(11)19/h3-4,8,11,14,18H,1-2,5-7,9-10H2. The molecule has 110 valence electrons. The lowest BCUT2D eigenvalue weighted by molar-refractivity contribution is 0.133. The summed E-state index contributed by atoms with van der Waals surface area (Å²) in [5, 5.41) is 5.10. The minimum absolute atomic E-state index is 0.749. The van der Waals surface area contributed by atoms with Crippen molar-refractivity contribution in [2.75, 3.05) is 31.9 Å². The van der Waals surface area contributed by atoms with Crippen LogP contribution in [0.5, 0.6) is 0 Å². The molecule has 3 rings (SSSR count). The van der Waals surface area contributed by atoms with E-state index >= 15 is 0 Å². The molecule has 2 aliphatic heterocycles. The molecule has 2 nitrogen and oxygen atoms in total. The molecule has 0 spiro atoms. The van der Waals surface area contributed by atoms with Crippen LogP contribution in [0.2, 0.25) is 10.0 Å². The zero-order valence-corrected chi connectivity index (χ0v) is 13.8. The second-order valence-corrected chi connectivity index (χ2v) is 7.57. The molecule has 2 heterocycles. The summed E-state index contributed by atoms with van der Waals surface area (Å²) in [6, 6.07) is 6.43. The Balaban J connectivity index is 1.53. The molecular weight excluding hydrogens is 311 g/mol. The maximum Gasteiger partial charge on any atom is 0.0542 e. The van der Waals surface area contributed by atoms with Crippen molar-refractivity contribution in [2.45, 2.75) is 23.8 Å². The molecule has 1 N–H and O–H groups in total. The Morgan fingerprint density at radius 2 is 2.20 bits per heavy atom. The number of nitrogens with one attached hydrogen (secondary N) is 1. The number of nitrogens with zero attached hydrogens (tertiary/aromatic N) is 1. The first-order chi connectivity index (χ1) is 9.74. The van der Waals surface area contributed by atoms with Crippen molar-refractivity contribution in [1.82, 2.24) is 10.2 Å². The highest BCUT2D eigenvalue weighted by Gasteiger charge is 2.34. The Morgan fingerprint density at radius 1 is 1.30 bits per heavy atom. The van der Waals surface area contributed by atoms with Crippen molar-refractivity contribution in [3.05, 3.63) is 28.2 Å². The maximum absolute atomic E-state index is 6.20. The van der Waals surface area contributed by atoms with E-state index in [9.17, 15) is 0 Å². The predicted octanol–water partition coefficient (Wildman–Crippen LogP) is 3.77. The van der Waals surface area contributed by atoms with Crippen molar-refractivity contribution in [1.29, 1.82) is 0 Å². The van der Waals surface area contributed by atoms with Gasteiger partial charge in [0, 0.05) is 34.8 Å². The van der Waals surface area contributed by atoms with Gasteiger partial charge in [-0.25, -0.2) is 0 Å². The van der Waals surface area contributed by atoms with Gasteiger partial charge in [0.25, 0.3) is 0 Å². The van der Waals surface area contributed by atoms with Gasteiger partial charge in [0.2, 0.25) is 0 Å². The highest BCUT2D eigenvalue weighted by atomic mass is 35.5. The van der Waals surface area contributed by atoms with E-state index in [-0.39, 0.29) is 0 Å². The van der Waals surface area contributed by atoms with Crippen LogP contribution < -0.4 is 5.32 Å². The van der Waals surface area contributed by atoms with Crippen LogP contribution in [0.15, 0.2) is 23.1 Å². The fourth-order valence-electron chi connectivity index (χ4n) is 3.30. The predicted molar refractivity (Wildman–Crippen MR) is 88.1 cm³/mol. The van der Waals surface area contributed by atoms with E-state index in [4.69, 9.17) is 23.2 Å². The topological polar surface area (TPSA) is 15.3 Å². The summed E-state index contributed by atoms with van der Waals surface area (Å²) in [6.45, 7) is 4.74. The lowest BCUT2D eigenvalue weighted by atomic mass is 9.92. The number of likely N-dealkylation sites (tertiary alicyclic amines) is 1. The fraction of sp³-hybridized carbons (Fsp3) is 0.600. The molecule has 2 unspecified atom stereocenters. The Labute approximate surface area is 135 Å². The van der Waals surface area contributed by atoms with Gasteiger partial charge in [0.1, 0.15) is 0 Å². The molecular formula is C15H20Cl2N2S. The maximum atomic E-state index is 6.20. The molecule has 1 aromatic rings. The summed E-state index contributed by atoms with van der Waals surface area (Å²) in [4.78, 5) is 3.75. The number of thioether (sulfide) groups is 1. The summed E-state index contributed by atoms with van der Waals surface area (Å²) in [5.41, 5.74) is 0. The summed E-state index contributed by atoms with van der Waals surface area (Å²) in [7, 11) is 0. The Kier molecular flexibility index (Phi) is 5.16. The van der Waals surface area contributed by atoms with Crippen LogP contribution in [0.3, 0.4) is 0 Å². The number of benzene rings is 1. The van der Waals surface area contributed by atoms with Crippen LogP contribution in [-0.4, -0.2) is 42.9 Å². The van der Waals surface area contributed by atoms with Gasteiger partial charge in [-0.15, -0.1) is 11.8 Å². The van der Waals surface area contributed by atoms with Crippen LogP contribution in [0, 0.1) is 5.92 Å². The van der Waals surface area contributed by atoms with E-state index < -0.39 is 0 Å². The molecule has 0 aliphatic carbocycles. The van der Waals surface area contributed by atoms with Gasteiger partial charge >= 0.3 is 0 Å². The smallest absolute Gasteiger partial charge is 0.0542 e. The Bertz CT molecular complexity index is 469. The average molecular weight is 331 g/mol. The fourth-order valence-corrected chi connectivity index (χ4v) is 4.78. The first-order valence-corrected chi connectivity index (χ1v) is 9.01. The van der Waals surface area contributed by atoms with Crippen LogP contribution >= 0.6 is 35.0 Å². The molecule has 2 atom stereocenters. The van der Waals surface area contributed by atoms with E-state index in [1.807, 2.05) is 30.0 Å². The Hall–Kier alpha value is 0.0700. The molecule has 2 fully saturated rings. The molecule has 2 saturated heterocycles. The minimum Gasteiger partial charge on any atom is -0.315 e. The van der Waals surface area contributed by atoms with Gasteiger partial charge < -0.3 is 5.32 Å². The zero-order valence-electron chi connectivity index (χ0n) is 11.4. The highest BCUT2D eigenvalue weighted by Crippen LogP contribution is 2.31. The second-order valence-electron chi connectivity index (χ2n) is 5.59. The third kappa shape index (κ3) is 3.45. The first-order valence-electron chi connectivity index (χ1n) is 7.26. The molecule has 0 amide bonds. The molecule has 0 aromatic heterocycles. The van der Waals surface area contributed by atoms with Gasteiger partial charge in [0.05, 0.1) is 5.02 Å². The quantitative estimate of drug-likeness (QED) is 0.846. The summed E-state index contributed by atoms with van der Waals surface area (Å²) in [6.07, 6.45) is 2.73. The molecule has 5 heteroatoms. The molecule has 2 aliphatic rings. The van der Waals surface area contributed by atoms with Crippen molar-refractivity contribution in [3.8, 4) is 0 Å². The number of hydrogen-bond acceptors (Lipinski definition) is 3. The van der Waals surface area contributed by atoms with Gasteiger partial charge in [-0.2, -0.15) is 0 Å². The van der Waals surface area contributed by atoms with E-state index in [2.05, 4.69) is 10.2 Å².